The van der Waals surface area contributed by atoms with E-state index in [1.807, 2.05) is 37.4 Å². The van der Waals surface area contributed by atoms with E-state index in [4.69, 9.17) is 4.74 Å². The summed E-state index contributed by atoms with van der Waals surface area (Å²) in [5.74, 6) is 1.22. The summed E-state index contributed by atoms with van der Waals surface area (Å²) in [5.41, 5.74) is 5.47. The Hall–Kier alpha value is -3.16. The largest absolute Gasteiger partial charge is 0.492 e. The molecule has 1 amide bonds. The Morgan fingerprint density at radius 2 is 2.33 bits per heavy atom. The summed E-state index contributed by atoms with van der Waals surface area (Å²) in [4.78, 5) is 16.7. The first-order chi connectivity index (χ1) is 11.7. The van der Waals surface area contributed by atoms with Crippen molar-refractivity contribution >= 4 is 17.3 Å². The van der Waals surface area contributed by atoms with E-state index in [1.165, 1.54) is 0 Å². The molecule has 24 heavy (non-hydrogen) atoms. The minimum Gasteiger partial charge on any atom is -0.492 e. The molecule has 2 aromatic rings. The van der Waals surface area contributed by atoms with Crippen LogP contribution in [-0.4, -0.2) is 41.9 Å². The zero-order valence-corrected chi connectivity index (χ0v) is 13.2. The van der Waals surface area contributed by atoms with Crippen LogP contribution in [-0.2, 0) is 0 Å². The normalized spacial score (nSPS) is 19.1. The maximum Gasteiger partial charge on any atom is 0.271 e. The quantitative estimate of drug-likeness (QED) is 0.612. The minimum atomic E-state index is -0.211. The number of carbonyl (C=O) groups excluding carboxylic acids is 1. The van der Waals surface area contributed by atoms with Gasteiger partial charge in [0.05, 0.1) is 18.4 Å². The summed E-state index contributed by atoms with van der Waals surface area (Å²) >= 11 is 0. The summed E-state index contributed by atoms with van der Waals surface area (Å²) in [7, 11) is 1.83. The molecule has 0 fully saturated rings. The number of nitrogens with one attached hydrogen (secondary N) is 4. The van der Waals surface area contributed by atoms with E-state index < -0.39 is 0 Å². The third-order valence-corrected chi connectivity index (χ3v) is 3.92. The molecule has 3 heterocycles. The monoisotopic (exact) mass is 326 g/mol. The van der Waals surface area contributed by atoms with Crippen molar-refractivity contribution in [3.8, 4) is 5.75 Å². The van der Waals surface area contributed by atoms with Crippen molar-refractivity contribution in [2.75, 3.05) is 30.9 Å². The van der Waals surface area contributed by atoms with Crippen molar-refractivity contribution in [1.82, 2.24) is 20.3 Å². The van der Waals surface area contributed by atoms with Crippen LogP contribution in [0, 0.1) is 0 Å². The van der Waals surface area contributed by atoms with Gasteiger partial charge in [-0.2, -0.15) is 0 Å². The molecule has 0 spiro atoms. The Morgan fingerprint density at radius 3 is 3.21 bits per heavy atom. The molecule has 1 unspecified atom stereocenters. The molecule has 1 aromatic carbocycles. The highest BCUT2D eigenvalue weighted by atomic mass is 16.5. The third-order valence-electron chi connectivity index (χ3n) is 3.92. The van der Waals surface area contributed by atoms with Crippen LogP contribution in [0.2, 0.25) is 0 Å². The number of nitrogens with zero attached hydrogens (tertiary/aromatic N) is 2. The highest BCUT2D eigenvalue weighted by Gasteiger charge is 2.25. The zero-order chi connectivity index (χ0) is 16.5. The lowest BCUT2D eigenvalue weighted by molar-refractivity contribution is 0.0939. The molecule has 1 aromatic heterocycles. The molecule has 8 nitrogen and oxygen atoms in total. The minimum absolute atomic E-state index is 0.202. The molecule has 2 aliphatic rings. The number of anilines is 1. The molecule has 0 saturated carbocycles. The van der Waals surface area contributed by atoms with Gasteiger partial charge < -0.3 is 20.7 Å². The van der Waals surface area contributed by atoms with Crippen molar-refractivity contribution in [2.45, 2.75) is 6.17 Å². The van der Waals surface area contributed by atoms with E-state index in [9.17, 15) is 4.79 Å². The number of hydrogen-bond acceptors (Lipinski definition) is 6. The topological polar surface area (TPSA) is 92.2 Å². The lowest BCUT2D eigenvalue weighted by atomic mass is 10.2. The lowest BCUT2D eigenvalue weighted by Crippen LogP contribution is -2.41. The SMILES string of the molecule is CNC1=CC2Nc3cccc(c3)OCCNC(=O)c3cnc1n3N2. The molecular formula is C16H18N6O2. The first kappa shape index (κ1) is 14.4. The first-order valence-corrected chi connectivity index (χ1v) is 7.76. The average Bonchev–Trinajstić information content (AvgIpc) is 3.01. The molecule has 0 radical (unpaired) electrons. The van der Waals surface area contributed by atoms with Crippen LogP contribution < -0.4 is 26.1 Å². The van der Waals surface area contributed by atoms with E-state index in [1.54, 1.807) is 10.9 Å². The smallest absolute Gasteiger partial charge is 0.271 e. The summed E-state index contributed by atoms with van der Waals surface area (Å²) in [5, 5.41) is 9.34. The number of carbonyl (C=O) groups is 1. The van der Waals surface area contributed by atoms with Gasteiger partial charge >= 0.3 is 0 Å². The zero-order valence-electron chi connectivity index (χ0n) is 13.2. The van der Waals surface area contributed by atoms with Gasteiger partial charge in [0.1, 0.15) is 24.2 Å². The molecule has 4 bridgehead atoms. The fourth-order valence-corrected chi connectivity index (χ4v) is 2.80. The Balaban J connectivity index is 1.76. The summed E-state index contributed by atoms with van der Waals surface area (Å²) < 4.78 is 7.37. The van der Waals surface area contributed by atoms with Crippen molar-refractivity contribution in [2.24, 2.45) is 0 Å². The van der Waals surface area contributed by atoms with Crippen molar-refractivity contribution in [3.05, 3.63) is 48.1 Å². The van der Waals surface area contributed by atoms with Gasteiger partial charge in [0.2, 0.25) is 0 Å². The van der Waals surface area contributed by atoms with E-state index in [0.717, 1.165) is 17.1 Å². The van der Waals surface area contributed by atoms with Crippen molar-refractivity contribution < 1.29 is 9.53 Å². The fourth-order valence-electron chi connectivity index (χ4n) is 2.80. The fraction of sp³-hybridized carbons (Fsp3) is 0.250. The van der Waals surface area contributed by atoms with Gasteiger partial charge in [-0.3, -0.25) is 10.2 Å². The van der Waals surface area contributed by atoms with Crippen LogP contribution in [0.25, 0.3) is 5.70 Å². The Bertz CT molecular complexity index is 813. The molecule has 4 N–H and O–H groups in total. The molecular weight excluding hydrogens is 308 g/mol. The Labute approximate surface area is 138 Å². The number of amides is 1. The molecule has 2 aliphatic heterocycles. The van der Waals surface area contributed by atoms with Crippen LogP contribution in [0.5, 0.6) is 5.75 Å². The van der Waals surface area contributed by atoms with E-state index >= 15 is 0 Å². The lowest BCUT2D eigenvalue weighted by Gasteiger charge is -2.27. The highest BCUT2D eigenvalue weighted by molar-refractivity contribution is 5.93. The Kier molecular flexibility index (Phi) is 3.49. The predicted molar refractivity (Wildman–Crippen MR) is 90.3 cm³/mol. The number of hydrogen-bond donors (Lipinski definition) is 4. The second-order valence-electron chi connectivity index (χ2n) is 5.52. The number of aromatic nitrogens is 2. The molecule has 0 saturated heterocycles. The van der Waals surface area contributed by atoms with Crippen LogP contribution in [0.3, 0.4) is 0 Å². The van der Waals surface area contributed by atoms with Gasteiger partial charge in [-0.25, -0.2) is 9.66 Å². The van der Waals surface area contributed by atoms with Crippen LogP contribution in [0.1, 0.15) is 16.3 Å². The third kappa shape index (κ3) is 2.51. The van der Waals surface area contributed by atoms with Gasteiger partial charge in [0, 0.05) is 18.8 Å². The van der Waals surface area contributed by atoms with Crippen LogP contribution >= 0.6 is 0 Å². The van der Waals surface area contributed by atoms with Crippen LogP contribution in [0.15, 0.2) is 36.5 Å². The summed E-state index contributed by atoms with van der Waals surface area (Å²) in [6, 6.07) is 7.71. The molecule has 0 aliphatic carbocycles. The van der Waals surface area contributed by atoms with E-state index in [2.05, 4.69) is 26.4 Å². The van der Waals surface area contributed by atoms with Gasteiger partial charge in [0.25, 0.3) is 5.91 Å². The number of benzene rings is 1. The number of rotatable bonds is 1. The van der Waals surface area contributed by atoms with E-state index in [0.29, 0.717) is 24.7 Å². The second kappa shape index (κ2) is 5.80. The highest BCUT2D eigenvalue weighted by Crippen LogP contribution is 2.22. The second-order valence-corrected chi connectivity index (χ2v) is 5.52. The number of imidazole rings is 1. The first-order valence-electron chi connectivity index (χ1n) is 7.76. The maximum absolute atomic E-state index is 12.4. The van der Waals surface area contributed by atoms with Crippen molar-refractivity contribution in [1.29, 1.82) is 0 Å². The molecule has 8 heteroatoms. The van der Waals surface area contributed by atoms with Gasteiger partial charge in [-0.15, -0.1) is 0 Å². The Morgan fingerprint density at radius 1 is 1.42 bits per heavy atom. The van der Waals surface area contributed by atoms with Gasteiger partial charge in [-0.1, -0.05) is 6.07 Å². The molecule has 1 atom stereocenters. The summed E-state index contributed by atoms with van der Waals surface area (Å²) in [6.45, 7) is 0.808. The summed E-state index contributed by atoms with van der Waals surface area (Å²) in [6.07, 6.45) is 3.33. The predicted octanol–water partition coefficient (Wildman–Crippen LogP) is 0.561. The van der Waals surface area contributed by atoms with E-state index in [-0.39, 0.29) is 12.1 Å². The maximum atomic E-state index is 12.4. The van der Waals surface area contributed by atoms with Crippen molar-refractivity contribution in [3.63, 3.8) is 0 Å². The molecule has 124 valence electrons. The number of fused-ring (bicyclic) bond motifs is 3. The van der Waals surface area contributed by atoms with Gasteiger partial charge in [0.15, 0.2) is 5.82 Å². The van der Waals surface area contributed by atoms with Gasteiger partial charge in [-0.05, 0) is 18.2 Å². The standard InChI is InChI=1S/C16H18N6O2/c1-17-12-8-14-20-10-3-2-4-11(7-10)24-6-5-18-16(23)13-9-19-15(12)22(13)21-14/h2-4,7-9,14,17,20-21H,5-6H2,1H3,(H,18,23). The number of ether oxygens (including phenoxy) is 1. The molecule has 4 rings (SSSR count). The average molecular weight is 326 g/mol. The van der Waals surface area contributed by atoms with Crippen LogP contribution in [0.4, 0.5) is 5.69 Å².